The minimum atomic E-state index is -0.702. The Hall–Kier alpha value is -2.10. The van der Waals surface area contributed by atoms with E-state index in [0.29, 0.717) is 18.2 Å². The van der Waals surface area contributed by atoms with Gasteiger partial charge in [-0.05, 0) is 55.5 Å². The van der Waals surface area contributed by atoms with Gasteiger partial charge in [-0.3, -0.25) is 0 Å². The lowest BCUT2D eigenvalue weighted by Gasteiger charge is -2.33. The number of nitrogens with one attached hydrogen (secondary N) is 2. The normalized spacial score (nSPS) is 21.1. The SMILES string of the molecule is O=CC1Nc2c(O)ccc([C@@H](O)CNC[C@H]3CCCN(CCOCCc4ccccc4)C3)c2S1. The van der Waals surface area contributed by atoms with Crippen LogP contribution < -0.4 is 10.6 Å². The molecule has 0 bridgehead atoms. The van der Waals surface area contributed by atoms with Gasteiger partial charge in [0.25, 0.3) is 0 Å². The molecule has 0 saturated carbocycles. The van der Waals surface area contributed by atoms with E-state index in [2.05, 4.69) is 39.8 Å². The van der Waals surface area contributed by atoms with Crippen molar-refractivity contribution in [3.05, 3.63) is 53.6 Å². The first-order chi connectivity index (χ1) is 16.6. The molecule has 2 aliphatic rings. The number of aromatic hydroxyl groups is 1. The van der Waals surface area contributed by atoms with E-state index in [1.54, 1.807) is 12.1 Å². The van der Waals surface area contributed by atoms with E-state index in [9.17, 15) is 15.0 Å². The van der Waals surface area contributed by atoms with Crippen LogP contribution in [-0.4, -0.2) is 72.7 Å². The fourth-order valence-electron chi connectivity index (χ4n) is 4.66. The summed E-state index contributed by atoms with van der Waals surface area (Å²) in [6.45, 7) is 5.90. The zero-order chi connectivity index (χ0) is 23.8. The lowest BCUT2D eigenvalue weighted by Crippen LogP contribution is -2.41. The first-order valence-electron chi connectivity index (χ1n) is 12.1. The molecule has 4 N–H and O–H groups in total. The Morgan fingerprint density at radius 2 is 2.09 bits per heavy atom. The summed E-state index contributed by atoms with van der Waals surface area (Å²) in [5, 5.41) is 26.8. The number of piperidine rings is 1. The second kappa shape index (κ2) is 12.6. The molecule has 0 spiro atoms. The number of benzene rings is 2. The Labute approximate surface area is 205 Å². The smallest absolute Gasteiger partial charge is 0.152 e. The summed E-state index contributed by atoms with van der Waals surface area (Å²) in [4.78, 5) is 14.4. The number of rotatable bonds is 12. The van der Waals surface area contributed by atoms with Crippen molar-refractivity contribution in [2.24, 2.45) is 5.92 Å². The van der Waals surface area contributed by atoms with E-state index in [0.717, 1.165) is 62.6 Å². The van der Waals surface area contributed by atoms with Gasteiger partial charge in [-0.1, -0.05) is 48.2 Å². The highest BCUT2D eigenvalue weighted by Crippen LogP contribution is 2.46. The molecule has 2 aliphatic heterocycles. The van der Waals surface area contributed by atoms with E-state index >= 15 is 0 Å². The topological polar surface area (TPSA) is 94.1 Å². The number of hydrogen-bond donors (Lipinski definition) is 4. The van der Waals surface area contributed by atoms with Crippen LogP contribution in [0, 0.1) is 5.92 Å². The molecular formula is C26H35N3O4S. The van der Waals surface area contributed by atoms with Gasteiger partial charge in [0.1, 0.15) is 11.1 Å². The summed E-state index contributed by atoms with van der Waals surface area (Å²) < 4.78 is 5.86. The summed E-state index contributed by atoms with van der Waals surface area (Å²) in [6.07, 6.45) is 3.42. The number of carbonyl (C=O) groups is 1. The Kier molecular flexibility index (Phi) is 9.24. The lowest BCUT2D eigenvalue weighted by molar-refractivity contribution is -0.107. The standard InChI is InChI=1S/C26H35N3O4S/c30-18-24-28-25-22(31)9-8-21(26(25)34-24)23(32)16-27-15-20-7-4-11-29(17-20)12-14-33-13-10-19-5-2-1-3-6-19/h1-3,5-6,8-9,18,20,23-24,27-28,31-32H,4,7,10-17H2/t20-,23+,24?/m1/s1. The van der Waals surface area contributed by atoms with Gasteiger partial charge < -0.3 is 35.3 Å². The molecule has 0 amide bonds. The summed E-state index contributed by atoms with van der Waals surface area (Å²) in [5.41, 5.74) is 2.58. The molecule has 8 heteroatoms. The molecule has 0 aliphatic carbocycles. The third kappa shape index (κ3) is 6.73. The third-order valence-electron chi connectivity index (χ3n) is 6.48. The van der Waals surface area contributed by atoms with Crippen LogP contribution in [0.4, 0.5) is 5.69 Å². The second-order valence-corrected chi connectivity index (χ2v) is 10.2. The summed E-state index contributed by atoms with van der Waals surface area (Å²) in [6, 6.07) is 13.7. The number of carbonyl (C=O) groups excluding carboxylic acids is 1. The third-order valence-corrected chi connectivity index (χ3v) is 7.64. The monoisotopic (exact) mass is 485 g/mol. The zero-order valence-electron chi connectivity index (χ0n) is 19.5. The molecule has 184 valence electrons. The maximum absolute atomic E-state index is 11.1. The molecule has 1 fully saturated rings. The van der Waals surface area contributed by atoms with Crippen LogP contribution in [0.15, 0.2) is 47.4 Å². The van der Waals surface area contributed by atoms with Gasteiger partial charge >= 0.3 is 0 Å². The number of hydrogen-bond acceptors (Lipinski definition) is 8. The van der Waals surface area contributed by atoms with Gasteiger partial charge in [0, 0.05) is 24.5 Å². The Bertz CT molecular complexity index is 930. The summed E-state index contributed by atoms with van der Waals surface area (Å²) >= 11 is 1.33. The zero-order valence-corrected chi connectivity index (χ0v) is 20.3. The molecule has 2 aromatic rings. The number of aliphatic hydroxyl groups excluding tert-OH is 1. The van der Waals surface area contributed by atoms with E-state index in [1.165, 1.54) is 30.2 Å². The number of thioether (sulfide) groups is 1. The van der Waals surface area contributed by atoms with Crippen LogP contribution in [-0.2, 0) is 16.0 Å². The minimum Gasteiger partial charge on any atom is -0.506 e. The lowest BCUT2D eigenvalue weighted by atomic mass is 9.98. The second-order valence-electron chi connectivity index (χ2n) is 9.03. The largest absolute Gasteiger partial charge is 0.506 e. The number of nitrogens with zero attached hydrogens (tertiary/aromatic N) is 1. The molecule has 7 nitrogen and oxygen atoms in total. The van der Waals surface area contributed by atoms with Gasteiger partial charge in [0.15, 0.2) is 6.29 Å². The van der Waals surface area contributed by atoms with Crippen molar-refractivity contribution in [3.63, 3.8) is 0 Å². The van der Waals surface area contributed by atoms with Gasteiger partial charge in [0.05, 0.1) is 25.0 Å². The van der Waals surface area contributed by atoms with Crippen LogP contribution in [0.25, 0.3) is 0 Å². The van der Waals surface area contributed by atoms with E-state index < -0.39 is 11.5 Å². The first-order valence-corrected chi connectivity index (χ1v) is 13.0. The maximum atomic E-state index is 11.1. The molecule has 1 unspecified atom stereocenters. The quantitative estimate of drug-likeness (QED) is 0.207. The highest BCUT2D eigenvalue weighted by Gasteiger charge is 2.28. The Morgan fingerprint density at radius 1 is 1.24 bits per heavy atom. The molecule has 4 rings (SSSR count). The first kappa shape index (κ1) is 25.0. The summed E-state index contributed by atoms with van der Waals surface area (Å²) in [5.74, 6) is 0.647. The highest BCUT2D eigenvalue weighted by atomic mass is 32.2. The number of phenols is 1. The van der Waals surface area contributed by atoms with Gasteiger partial charge in [0.2, 0.25) is 0 Å². The minimum absolute atomic E-state index is 0.0992. The number of fused-ring (bicyclic) bond motifs is 1. The predicted molar refractivity (Wildman–Crippen MR) is 135 cm³/mol. The van der Waals surface area contributed by atoms with Crippen LogP contribution >= 0.6 is 11.8 Å². The molecule has 34 heavy (non-hydrogen) atoms. The van der Waals surface area contributed by atoms with Gasteiger partial charge in [-0.2, -0.15) is 0 Å². The molecule has 2 heterocycles. The van der Waals surface area contributed by atoms with Crippen LogP contribution in [0.2, 0.25) is 0 Å². The number of aliphatic hydroxyl groups is 1. The van der Waals surface area contributed by atoms with Crippen molar-refractivity contribution in [1.29, 1.82) is 0 Å². The molecule has 1 saturated heterocycles. The van der Waals surface area contributed by atoms with Crippen molar-refractivity contribution in [3.8, 4) is 5.75 Å². The number of anilines is 1. The molecule has 0 radical (unpaired) electrons. The average molecular weight is 486 g/mol. The van der Waals surface area contributed by atoms with Crippen molar-refractivity contribution in [2.75, 3.05) is 51.3 Å². The fraction of sp³-hybridized carbons (Fsp3) is 0.500. The number of phenolic OH excluding ortho intramolecular Hbond substituents is 1. The van der Waals surface area contributed by atoms with E-state index in [-0.39, 0.29) is 5.75 Å². The van der Waals surface area contributed by atoms with Crippen LogP contribution in [0.1, 0.15) is 30.1 Å². The van der Waals surface area contributed by atoms with Crippen LogP contribution in [0.5, 0.6) is 5.75 Å². The van der Waals surface area contributed by atoms with E-state index in [4.69, 9.17) is 4.74 Å². The highest BCUT2D eigenvalue weighted by molar-refractivity contribution is 8.01. The molecule has 2 aromatic carbocycles. The number of ether oxygens (including phenoxy) is 1. The van der Waals surface area contributed by atoms with Crippen LogP contribution in [0.3, 0.4) is 0 Å². The van der Waals surface area contributed by atoms with Gasteiger partial charge in [-0.15, -0.1) is 0 Å². The van der Waals surface area contributed by atoms with Crippen molar-refractivity contribution >= 4 is 23.7 Å². The number of likely N-dealkylation sites (tertiary alicyclic amines) is 1. The Balaban J connectivity index is 1.15. The molecule has 3 atom stereocenters. The number of aldehydes is 1. The summed E-state index contributed by atoms with van der Waals surface area (Å²) in [7, 11) is 0. The molecular weight excluding hydrogens is 450 g/mol. The molecule has 0 aromatic heterocycles. The van der Waals surface area contributed by atoms with Crippen molar-refractivity contribution in [2.45, 2.75) is 35.6 Å². The van der Waals surface area contributed by atoms with E-state index in [1.807, 2.05) is 6.07 Å². The maximum Gasteiger partial charge on any atom is 0.152 e. The van der Waals surface area contributed by atoms with Crippen molar-refractivity contribution < 1.29 is 19.7 Å². The Morgan fingerprint density at radius 3 is 2.91 bits per heavy atom. The van der Waals surface area contributed by atoms with Gasteiger partial charge in [-0.25, -0.2) is 0 Å². The average Bonchev–Trinajstić information content (AvgIpc) is 3.30. The predicted octanol–water partition coefficient (Wildman–Crippen LogP) is 3.03. The van der Waals surface area contributed by atoms with Crippen molar-refractivity contribution in [1.82, 2.24) is 10.2 Å². The fourth-order valence-corrected chi connectivity index (χ4v) is 5.77.